The summed E-state index contributed by atoms with van der Waals surface area (Å²) >= 11 is 0. The second-order valence-electron chi connectivity index (χ2n) is 5.98. The van der Waals surface area contributed by atoms with E-state index in [1.165, 1.54) is 7.11 Å². The molecule has 0 N–H and O–H groups in total. The summed E-state index contributed by atoms with van der Waals surface area (Å²) in [6, 6.07) is 19.4. The van der Waals surface area contributed by atoms with Gasteiger partial charge in [-0.25, -0.2) is 4.39 Å². The van der Waals surface area contributed by atoms with E-state index in [1.54, 1.807) is 0 Å². The van der Waals surface area contributed by atoms with Gasteiger partial charge in [-0.2, -0.15) is 0 Å². The molecule has 0 spiro atoms. The molecule has 1 aliphatic heterocycles. The molecule has 1 aliphatic rings. The van der Waals surface area contributed by atoms with Crippen LogP contribution in [0.5, 0.6) is 0 Å². The van der Waals surface area contributed by atoms with Crippen molar-refractivity contribution in [3.8, 4) is 0 Å². The van der Waals surface area contributed by atoms with Crippen molar-refractivity contribution in [2.75, 3.05) is 13.7 Å². The van der Waals surface area contributed by atoms with Crippen molar-refractivity contribution in [1.29, 1.82) is 0 Å². The Morgan fingerprint density at radius 2 is 1.40 bits per heavy atom. The molecule has 0 unspecified atom stereocenters. The average molecular weight is 346 g/mol. The highest BCUT2D eigenvalue weighted by molar-refractivity contribution is 5.14. The van der Waals surface area contributed by atoms with Crippen molar-refractivity contribution in [3.05, 3.63) is 71.8 Å². The van der Waals surface area contributed by atoms with Crippen LogP contribution < -0.4 is 0 Å². The second kappa shape index (κ2) is 9.06. The third-order valence-corrected chi connectivity index (χ3v) is 4.17. The Morgan fingerprint density at radius 1 is 0.880 bits per heavy atom. The Balaban J connectivity index is 1.67. The summed E-state index contributed by atoms with van der Waals surface area (Å²) in [7, 11) is 1.52. The Kier molecular flexibility index (Phi) is 6.53. The zero-order valence-corrected chi connectivity index (χ0v) is 14.2. The molecule has 0 aromatic heterocycles. The number of halogens is 1. The lowest BCUT2D eigenvalue weighted by Crippen LogP contribution is -2.54. The van der Waals surface area contributed by atoms with E-state index in [4.69, 9.17) is 18.9 Å². The van der Waals surface area contributed by atoms with Crippen LogP contribution in [0.15, 0.2) is 60.7 Å². The van der Waals surface area contributed by atoms with Crippen LogP contribution in [0.3, 0.4) is 0 Å². The molecule has 2 aromatic carbocycles. The van der Waals surface area contributed by atoms with Crippen molar-refractivity contribution in [2.24, 2.45) is 0 Å². The minimum Gasteiger partial charge on any atom is -0.367 e. The topological polar surface area (TPSA) is 36.9 Å². The number of methoxy groups -OCH3 is 1. The smallest absolute Gasteiger partial charge is 0.186 e. The van der Waals surface area contributed by atoms with Crippen molar-refractivity contribution >= 4 is 0 Å². The lowest BCUT2D eigenvalue weighted by molar-refractivity contribution is -0.276. The molecule has 1 heterocycles. The highest BCUT2D eigenvalue weighted by atomic mass is 19.1. The summed E-state index contributed by atoms with van der Waals surface area (Å²) in [4.78, 5) is 0. The number of hydrogen-bond donors (Lipinski definition) is 0. The van der Waals surface area contributed by atoms with E-state index in [2.05, 4.69) is 0 Å². The Labute approximate surface area is 147 Å². The van der Waals surface area contributed by atoms with E-state index >= 15 is 0 Å². The number of ether oxygens (including phenoxy) is 4. The fourth-order valence-corrected chi connectivity index (χ4v) is 2.85. The van der Waals surface area contributed by atoms with E-state index in [0.717, 1.165) is 11.1 Å². The highest BCUT2D eigenvalue weighted by Crippen LogP contribution is 2.26. The molecule has 0 amide bonds. The summed E-state index contributed by atoms with van der Waals surface area (Å²) < 4.78 is 37.0. The molecule has 5 heteroatoms. The predicted molar refractivity (Wildman–Crippen MR) is 91.7 cm³/mol. The molecular weight excluding hydrogens is 323 g/mol. The molecule has 4 atom stereocenters. The largest absolute Gasteiger partial charge is 0.367 e. The minimum absolute atomic E-state index is 0.0663. The van der Waals surface area contributed by atoms with E-state index in [0.29, 0.717) is 13.2 Å². The Morgan fingerprint density at radius 3 is 1.92 bits per heavy atom. The van der Waals surface area contributed by atoms with Crippen molar-refractivity contribution < 1.29 is 23.3 Å². The molecule has 25 heavy (non-hydrogen) atoms. The quantitative estimate of drug-likeness (QED) is 0.769. The SMILES string of the molecule is CO[C@H]1OC[C@H](F)[C@H](OCc2ccccc2)[C@@H]1OCc1ccccc1. The molecule has 4 nitrogen and oxygen atoms in total. The Hall–Kier alpha value is -1.79. The summed E-state index contributed by atoms with van der Waals surface area (Å²) in [5, 5.41) is 0. The zero-order valence-electron chi connectivity index (χ0n) is 14.2. The van der Waals surface area contributed by atoms with E-state index in [9.17, 15) is 4.39 Å². The van der Waals surface area contributed by atoms with Gasteiger partial charge in [-0.15, -0.1) is 0 Å². The van der Waals surface area contributed by atoms with Crippen LogP contribution in [0.1, 0.15) is 11.1 Å². The van der Waals surface area contributed by atoms with Gasteiger partial charge in [0.1, 0.15) is 12.2 Å². The highest BCUT2D eigenvalue weighted by Gasteiger charge is 2.43. The van der Waals surface area contributed by atoms with Gasteiger partial charge in [0.2, 0.25) is 0 Å². The maximum Gasteiger partial charge on any atom is 0.186 e. The molecule has 3 rings (SSSR count). The molecular formula is C20H23FO4. The van der Waals surface area contributed by atoms with Gasteiger partial charge in [0.05, 0.1) is 19.8 Å². The molecule has 134 valence electrons. The first-order chi connectivity index (χ1) is 12.3. The fourth-order valence-electron chi connectivity index (χ4n) is 2.85. The number of rotatable bonds is 7. The monoisotopic (exact) mass is 346 g/mol. The van der Waals surface area contributed by atoms with Gasteiger partial charge in [-0.3, -0.25) is 0 Å². The molecule has 0 saturated carbocycles. The number of benzene rings is 2. The third kappa shape index (κ3) is 4.86. The molecule has 0 bridgehead atoms. The lowest BCUT2D eigenvalue weighted by atomic mass is 10.1. The summed E-state index contributed by atoms with van der Waals surface area (Å²) in [5.41, 5.74) is 1.98. The van der Waals surface area contributed by atoms with Gasteiger partial charge in [-0.05, 0) is 11.1 Å². The first-order valence-corrected chi connectivity index (χ1v) is 8.37. The average Bonchev–Trinajstić information content (AvgIpc) is 2.67. The van der Waals surface area contributed by atoms with Gasteiger partial charge in [0.25, 0.3) is 0 Å². The number of alkyl halides is 1. The second-order valence-corrected chi connectivity index (χ2v) is 5.98. The molecule has 1 saturated heterocycles. The minimum atomic E-state index is -1.27. The van der Waals surface area contributed by atoms with E-state index in [1.807, 2.05) is 60.7 Å². The first kappa shape index (κ1) is 18.0. The van der Waals surface area contributed by atoms with Crippen molar-refractivity contribution in [1.82, 2.24) is 0 Å². The zero-order chi connectivity index (χ0) is 17.5. The number of hydrogen-bond acceptors (Lipinski definition) is 4. The van der Waals surface area contributed by atoms with Crippen LogP contribution in [0.4, 0.5) is 4.39 Å². The summed E-state index contributed by atoms with van der Waals surface area (Å²) in [6.07, 6.45) is -3.31. The van der Waals surface area contributed by atoms with Crippen LogP contribution in [0.25, 0.3) is 0 Å². The van der Waals surface area contributed by atoms with Gasteiger partial charge in [0, 0.05) is 7.11 Å². The Bertz CT molecular complexity index is 622. The van der Waals surface area contributed by atoms with Crippen LogP contribution in [0.2, 0.25) is 0 Å². The molecule has 0 radical (unpaired) electrons. The first-order valence-electron chi connectivity index (χ1n) is 8.37. The summed E-state index contributed by atoms with van der Waals surface area (Å²) in [6.45, 7) is 0.587. The van der Waals surface area contributed by atoms with Gasteiger partial charge in [0.15, 0.2) is 12.5 Å². The fraction of sp³-hybridized carbons (Fsp3) is 0.400. The van der Waals surface area contributed by atoms with Gasteiger partial charge < -0.3 is 18.9 Å². The van der Waals surface area contributed by atoms with Gasteiger partial charge >= 0.3 is 0 Å². The lowest BCUT2D eigenvalue weighted by Gasteiger charge is -2.38. The predicted octanol–water partition coefficient (Wildman–Crippen LogP) is 3.50. The van der Waals surface area contributed by atoms with Crippen LogP contribution >= 0.6 is 0 Å². The van der Waals surface area contributed by atoms with Crippen molar-refractivity contribution in [3.63, 3.8) is 0 Å². The molecule has 2 aromatic rings. The third-order valence-electron chi connectivity index (χ3n) is 4.17. The van der Waals surface area contributed by atoms with Gasteiger partial charge in [-0.1, -0.05) is 60.7 Å². The van der Waals surface area contributed by atoms with Crippen LogP contribution in [-0.4, -0.2) is 38.4 Å². The standard InChI is InChI=1S/C20H23FO4/c1-22-20-19(24-13-16-10-6-3-7-11-16)18(17(21)14-25-20)23-12-15-8-4-2-5-9-15/h2-11,17-20H,12-14H2,1H3/t17-,18-,19-,20-/m0/s1. The molecule has 0 aliphatic carbocycles. The van der Waals surface area contributed by atoms with E-state index < -0.39 is 24.7 Å². The van der Waals surface area contributed by atoms with E-state index in [-0.39, 0.29) is 6.61 Å². The molecule has 1 fully saturated rings. The summed E-state index contributed by atoms with van der Waals surface area (Å²) in [5.74, 6) is 0. The maximum atomic E-state index is 14.5. The van der Waals surface area contributed by atoms with Crippen LogP contribution in [0, 0.1) is 0 Å². The maximum absolute atomic E-state index is 14.5. The van der Waals surface area contributed by atoms with Crippen LogP contribution in [-0.2, 0) is 32.2 Å². The van der Waals surface area contributed by atoms with Crippen molar-refractivity contribution in [2.45, 2.75) is 37.9 Å². The normalized spacial score (nSPS) is 26.5.